The maximum atomic E-state index is 9.02. The number of hydrogen-bond acceptors (Lipinski definition) is 12. The molecule has 0 unspecified atom stereocenters. The van der Waals surface area contributed by atoms with E-state index in [-0.39, 0.29) is 22.4 Å². The standard InChI is InChI=1S/2C6H12O5S.Au/c2*7-1-3(8)5(10)6(11)4(9)2-12;/h2*2-11H,1H2;/t2*3-,4+,5-,6-;/m11./s1. The van der Waals surface area contributed by atoms with E-state index in [1.165, 1.54) is 0 Å². The fourth-order valence-corrected chi connectivity index (χ4v) is 1.56. The van der Waals surface area contributed by atoms with Crippen molar-refractivity contribution in [2.24, 2.45) is 0 Å². The number of hydrogen-bond donors (Lipinski definition) is 10. The summed E-state index contributed by atoms with van der Waals surface area (Å²) in [5, 5.41) is 89.9. The van der Waals surface area contributed by atoms with E-state index in [0.717, 1.165) is 10.7 Å². The molecule has 10 nitrogen and oxygen atoms in total. The van der Waals surface area contributed by atoms with Gasteiger partial charge in [-0.3, -0.25) is 0 Å². The summed E-state index contributed by atoms with van der Waals surface area (Å²) in [6, 6.07) is 0. The van der Waals surface area contributed by atoms with Gasteiger partial charge in [0, 0.05) is 33.1 Å². The second-order valence-corrected chi connectivity index (χ2v) is 5.26. The first kappa shape index (κ1) is 30.3. The molecule has 0 aliphatic rings. The molecule has 0 spiro atoms. The molecule has 8 atom stereocenters. The van der Waals surface area contributed by atoms with E-state index in [1.54, 1.807) is 0 Å². The van der Waals surface area contributed by atoms with Crippen LogP contribution >= 0.6 is 24.4 Å². The third kappa shape index (κ3) is 11.8. The Morgan fingerprint density at radius 3 is 0.960 bits per heavy atom. The van der Waals surface area contributed by atoms with Crippen molar-refractivity contribution in [2.45, 2.75) is 48.8 Å². The Labute approximate surface area is 170 Å². The average Bonchev–Trinajstić information content (AvgIpc) is 2.62. The van der Waals surface area contributed by atoms with Crippen LogP contribution in [-0.2, 0) is 22.4 Å². The molecule has 0 aromatic heterocycles. The molecule has 0 bridgehead atoms. The van der Waals surface area contributed by atoms with Gasteiger partial charge in [-0.25, -0.2) is 0 Å². The molecule has 0 saturated carbocycles. The maximum Gasteiger partial charge on any atom is 0.113 e. The zero-order chi connectivity index (χ0) is 19.4. The Kier molecular flexibility index (Phi) is 20.2. The van der Waals surface area contributed by atoms with E-state index in [0.29, 0.717) is 0 Å². The van der Waals surface area contributed by atoms with Crippen molar-refractivity contribution in [3.05, 3.63) is 0 Å². The van der Waals surface area contributed by atoms with Gasteiger partial charge in [0.05, 0.1) is 13.2 Å². The van der Waals surface area contributed by atoms with Crippen LogP contribution in [0.5, 0.6) is 0 Å². The van der Waals surface area contributed by atoms with Crippen molar-refractivity contribution in [3.63, 3.8) is 0 Å². The summed E-state index contributed by atoms with van der Waals surface area (Å²) in [7, 11) is 0. The molecule has 0 aromatic carbocycles. The van der Waals surface area contributed by atoms with Crippen LogP contribution in [0, 0.1) is 0 Å². The van der Waals surface area contributed by atoms with E-state index < -0.39 is 62.0 Å². The van der Waals surface area contributed by atoms with Gasteiger partial charge in [0.15, 0.2) is 0 Å². The Morgan fingerprint density at radius 2 is 0.800 bits per heavy atom. The monoisotopic (exact) mass is 589 g/mol. The van der Waals surface area contributed by atoms with E-state index >= 15 is 0 Å². The van der Waals surface area contributed by atoms with E-state index in [1.807, 2.05) is 0 Å². The second-order valence-electron chi connectivity index (χ2n) is 4.72. The Bertz CT molecular complexity index is 322. The van der Waals surface area contributed by atoms with Crippen LogP contribution in [0.1, 0.15) is 0 Å². The smallest absolute Gasteiger partial charge is 0.113 e. The normalized spacial score (nSPS) is 20.2. The van der Waals surface area contributed by atoms with Crippen LogP contribution in [0.25, 0.3) is 0 Å². The minimum absolute atomic E-state index is 0. The largest absolute Gasteiger partial charge is 0.394 e. The van der Waals surface area contributed by atoms with Crippen molar-refractivity contribution in [2.75, 3.05) is 13.2 Å². The molecule has 1 radical (unpaired) electrons. The Hall–Kier alpha value is 0.520. The van der Waals surface area contributed by atoms with Gasteiger partial charge in [0.25, 0.3) is 0 Å². The summed E-state index contributed by atoms with van der Waals surface area (Å²) in [4.78, 5) is 0. The van der Waals surface area contributed by atoms with Gasteiger partial charge in [-0.15, -0.1) is 0 Å². The van der Waals surface area contributed by atoms with Crippen molar-refractivity contribution < 1.29 is 73.4 Å². The SMILES string of the molecule is OC[C@@H](O)[C@@H](O)[C@H](O)[C@@H](O)C=S.OC[C@@H](O)[C@@H](O)[C@H](O)[C@@H](O)C=S.[Au]. The maximum absolute atomic E-state index is 9.02. The molecule has 0 aliphatic carbocycles. The summed E-state index contributed by atoms with van der Waals surface area (Å²) < 4.78 is 0. The number of aliphatic hydroxyl groups excluding tert-OH is 10. The third-order valence-electron chi connectivity index (χ3n) is 2.84. The Balaban J connectivity index is -0.000000372. The van der Waals surface area contributed by atoms with Crippen LogP contribution in [0.4, 0.5) is 0 Å². The molecule has 25 heavy (non-hydrogen) atoms. The molecular weight excluding hydrogens is 565 g/mol. The predicted octanol–water partition coefficient (Wildman–Crippen LogP) is -5.16. The zero-order valence-corrected chi connectivity index (χ0v) is 16.6. The van der Waals surface area contributed by atoms with Crippen molar-refractivity contribution in [1.29, 1.82) is 0 Å². The van der Waals surface area contributed by atoms with Crippen LogP contribution < -0.4 is 0 Å². The summed E-state index contributed by atoms with van der Waals surface area (Å²) in [6.07, 6.45) is -12.1. The molecule has 0 amide bonds. The fourth-order valence-electron chi connectivity index (χ4n) is 1.24. The summed E-state index contributed by atoms with van der Waals surface area (Å²) >= 11 is 8.61. The molecule has 0 rings (SSSR count). The van der Waals surface area contributed by atoms with Crippen LogP contribution in [0.3, 0.4) is 0 Å². The first-order valence-electron chi connectivity index (χ1n) is 6.65. The molecule has 0 aliphatic heterocycles. The molecular formula is C12H24AuO10S2. The Morgan fingerprint density at radius 1 is 0.560 bits per heavy atom. The third-order valence-corrected chi connectivity index (χ3v) is 3.40. The van der Waals surface area contributed by atoms with Crippen molar-refractivity contribution >= 4 is 35.2 Å². The summed E-state index contributed by atoms with van der Waals surface area (Å²) in [5.74, 6) is 0. The zero-order valence-electron chi connectivity index (χ0n) is 12.8. The number of rotatable bonds is 10. The van der Waals surface area contributed by atoms with Gasteiger partial charge in [-0.2, -0.15) is 0 Å². The average molecular weight is 589 g/mol. The molecule has 0 heterocycles. The quantitative estimate of drug-likeness (QED) is 0.0859. The van der Waals surface area contributed by atoms with Gasteiger partial charge >= 0.3 is 0 Å². The summed E-state index contributed by atoms with van der Waals surface area (Å²) in [6.45, 7) is -1.38. The number of thiocarbonyl (C=S) groups is 2. The first-order chi connectivity index (χ1) is 11.1. The fraction of sp³-hybridized carbons (Fsp3) is 0.833. The second kappa shape index (κ2) is 16.7. The van der Waals surface area contributed by atoms with Crippen molar-refractivity contribution in [1.82, 2.24) is 0 Å². The van der Waals surface area contributed by atoms with Crippen LogP contribution in [-0.4, -0.2) is 124 Å². The van der Waals surface area contributed by atoms with Crippen LogP contribution in [0.2, 0.25) is 0 Å². The molecule has 0 aromatic rings. The van der Waals surface area contributed by atoms with Gasteiger partial charge in [0.1, 0.15) is 48.8 Å². The minimum atomic E-state index is -1.61. The predicted molar refractivity (Wildman–Crippen MR) is 89.5 cm³/mol. The van der Waals surface area contributed by atoms with Gasteiger partial charge < -0.3 is 51.1 Å². The molecule has 10 N–H and O–H groups in total. The van der Waals surface area contributed by atoms with Gasteiger partial charge in [-0.1, -0.05) is 24.4 Å². The number of aliphatic hydroxyl groups is 10. The summed E-state index contributed by atoms with van der Waals surface area (Å²) in [5.41, 5.74) is 0. The van der Waals surface area contributed by atoms with E-state index in [4.69, 9.17) is 51.1 Å². The van der Waals surface area contributed by atoms with E-state index in [9.17, 15) is 0 Å². The van der Waals surface area contributed by atoms with Gasteiger partial charge in [-0.05, 0) is 0 Å². The molecule has 0 fully saturated rings. The van der Waals surface area contributed by atoms with Gasteiger partial charge in [0.2, 0.25) is 0 Å². The molecule has 13 heteroatoms. The van der Waals surface area contributed by atoms with E-state index in [2.05, 4.69) is 24.4 Å². The molecule has 155 valence electrons. The molecule has 0 saturated heterocycles. The topological polar surface area (TPSA) is 202 Å². The first-order valence-corrected chi connectivity index (χ1v) is 7.60. The van der Waals surface area contributed by atoms with Crippen LogP contribution in [0.15, 0.2) is 0 Å². The minimum Gasteiger partial charge on any atom is -0.394 e. The van der Waals surface area contributed by atoms with Crippen molar-refractivity contribution in [3.8, 4) is 0 Å².